The number of nitrogens with zero attached hydrogens (tertiary/aromatic N) is 1. The minimum atomic E-state index is 0.0836. The number of benzene rings is 1. The average Bonchev–Trinajstić information content (AvgIpc) is 3.00. The van der Waals surface area contributed by atoms with Gasteiger partial charge in [0.25, 0.3) is 0 Å². The Hall–Kier alpha value is -2.10. The van der Waals surface area contributed by atoms with Gasteiger partial charge in [-0.1, -0.05) is 0 Å². The number of aromatic hydroxyl groups is 1. The maximum absolute atomic E-state index is 10.8. The molecule has 1 aromatic carbocycles. The Morgan fingerprint density at radius 2 is 2.39 bits per heavy atom. The van der Waals surface area contributed by atoms with E-state index in [1.807, 2.05) is 12.3 Å². The number of aldehydes is 1. The molecule has 92 valence electrons. The number of H-pyrrole nitrogens is 1. The Morgan fingerprint density at radius 3 is 3.11 bits per heavy atom. The number of imidazole rings is 1. The quantitative estimate of drug-likeness (QED) is 0.811. The number of hydrogen-bond acceptors (Lipinski definition) is 3. The minimum absolute atomic E-state index is 0.0836. The lowest BCUT2D eigenvalue weighted by molar-refractivity contribution is 0.112. The van der Waals surface area contributed by atoms with Gasteiger partial charge in [0, 0.05) is 11.9 Å². The largest absolute Gasteiger partial charge is 0.507 e. The minimum Gasteiger partial charge on any atom is -0.507 e. The van der Waals surface area contributed by atoms with Crippen molar-refractivity contribution in [2.24, 2.45) is 0 Å². The Labute approximate surface area is 105 Å². The van der Waals surface area contributed by atoms with E-state index in [1.165, 1.54) is 5.56 Å². The van der Waals surface area contributed by atoms with Gasteiger partial charge in [-0.25, -0.2) is 4.98 Å². The van der Waals surface area contributed by atoms with Crippen molar-refractivity contribution in [3.05, 3.63) is 47.0 Å². The summed E-state index contributed by atoms with van der Waals surface area (Å²) in [5.74, 6) is 0.479. The zero-order chi connectivity index (χ0) is 12.5. The number of aromatic nitrogens is 2. The van der Waals surface area contributed by atoms with Crippen molar-refractivity contribution in [2.45, 2.75) is 25.2 Å². The summed E-state index contributed by atoms with van der Waals surface area (Å²) in [4.78, 5) is 17.9. The highest BCUT2D eigenvalue weighted by atomic mass is 16.3. The third kappa shape index (κ3) is 1.79. The zero-order valence-electron chi connectivity index (χ0n) is 9.89. The number of carbonyl (C=O) groups excluding carboxylic acids is 1. The average molecular weight is 242 g/mol. The van der Waals surface area contributed by atoms with E-state index in [9.17, 15) is 9.90 Å². The standard InChI is InChI=1S/C14H14N2O2/c17-7-11-3-9-1-2-10(13(9)5-14(11)18)4-12-6-15-8-16-12/h3,5-8,10,18H,1-2,4H2,(H,15,16). The van der Waals surface area contributed by atoms with Gasteiger partial charge in [-0.15, -0.1) is 0 Å². The second-order valence-corrected chi connectivity index (χ2v) is 4.74. The van der Waals surface area contributed by atoms with Crippen LogP contribution in [0.1, 0.15) is 39.5 Å². The van der Waals surface area contributed by atoms with Gasteiger partial charge in [0.15, 0.2) is 6.29 Å². The number of nitrogens with one attached hydrogen (secondary N) is 1. The van der Waals surface area contributed by atoms with Gasteiger partial charge >= 0.3 is 0 Å². The van der Waals surface area contributed by atoms with Crippen LogP contribution >= 0.6 is 0 Å². The van der Waals surface area contributed by atoms with Crippen LogP contribution in [0.3, 0.4) is 0 Å². The van der Waals surface area contributed by atoms with E-state index in [1.54, 1.807) is 12.4 Å². The highest BCUT2D eigenvalue weighted by Gasteiger charge is 2.24. The second-order valence-electron chi connectivity index (χ2n) is 4.74. The van der Waals surface area contributed by atoms with Crippen LogP contribution in [0.4, 0.5) is 0 Å². The SMILES string of the molecule is O=Cc1cc2c(cc1O)C(Cc1cnc[nH]1)CC2. The number of phenolic OH excluding ortho intramolecular Hbond substituents is 1. The molecule has 1 aliphatic carbocycles. The van der Waals surface area contributed by atoms with E-state index in [-0.39, 0.29) is 5.75 Å². The maximum Gasteiger partial charge on any atom is 0.153 e. The highest BCUT2D eigenvalue weighted by Crippen LogP contribution is 2.38. The number of hydrogen-bond donors (Lipinski definition) is 2. The summed E-state index contributed by atoms with van der Waals surface area (Å²) in [6, 6.07) is 3.55. The molecule has 1 aromatic heterocycles. The number of aryl methyl sites for hydroxylation is 1. The normalized spacial score (nSPS) is 17.7. The topological polar surface area (TPSA) is 66.0 Å². The first-order valence-electron chi connectivity index (χ1n) is 6.06. The van der Waals surface area contributed by atoms with Gasteiger partial charge < -0.3 is 10.1 Å². The number of rotatable bonds is 3. The number of aromatic amines is 1. The van der Waals surface area contributed by atoms with Gasteiger partial charge in [-0.3, -0.25) is 4.79 Å². The van der Waals surface area contributed by atoms with E-state index >= 15 is 0 Å². The molecular weight excluding hydrogens is 228 g/mol. The molecule has 2 aromatic rings. The second kappa shape index (κ2) is 4.29. The highest BCUT2D eigenvalue weighted by molar-refractivity contribution is 5.80. The van der Waals surface area contributed by atoms with E-state index in [4.69, 9.17) is 0 Å². The molecule has 1 aliphatic rings. The van der Waals surface area contributed by atoms with E-state index in [2.05, 4.69) is 9.97 Å². The summed E-state index contributed by atoms with van der Waals surface area (Å²) in [6.07, 6.45) is 7.13. The number of carbonyl (C=O) groups is 1. The van der Waals surface area contributed by atoms with Crippen LogP contribution in [0.15, 0.2) is 24.7 Å². The molecule has 3 rings (SSSR count). The molecule has 1 unspecified atom stereocenters. The molecular formula is C14H14N2O2. The Bertz CT molecular complexity index is 576. The Balaban J connectivity index is 1.92. The molecule has 2 N–H and O–H groups in total. The van der Waals surface area contributed by atoms with Gasteiger partial charge in [-0.2, -0.15) is 0 Å². The molecule has 0 aliphatic heterocycles. The summed E-state index contributed by atoms with van der Waals surface area (Å²) in [7, 11) is 0. The van der Waals surface area contributed by atoms with Crippen molar-refractivity contribution in [3.63, 3.8) is 0 Å². The van der Waals surface area contributed by atoms with Crippen LogP contribution in [0.5, 0.6) is 5.75 Å². The van der Waals surface area contributed by atoms with Crippen molar-refractivity contribution in [2.75, 3.05) is 0 Å². The maximum atomic E-state index is 10.8. The Kier molecular flexibility index (Phi) is 2.63. The van der Waals surface area contributed by atoms with E-state index in [0.717, 1.165) is 30.5 Å². The predicted octanol–water partition coefficient (Wildman–Crippen LogP) is 2.20. The van der Waals surface area contributed by atoms with Crippen LogP contribution < -0.4 is 0 Å². The predicted molar refractivity (Wildman–Crippen MR) is 66.8 cm³/mol. The molecule has 1 atom stereocenters. The van der Waals surface area contributed by atoms with Gasteiger partial charge in [0.2, 0.25) is 0 Å². The number of phenols is 1. The molecule has 4 nitrogen and oxygen atoms in total. The molecule has 0 radical (unpaired) electrons. The van der Waals surface area contributed by atoms with Crippen LogP contribution in [0.2, 0.25) is 0 Å². The van der Waals surface area contributed by atoms with E-state index < -0.39 is 0 Å². The molecule has 0 saturated heterocycles. The molecule has 1 heterocycles. The van der Waals surface area contributed by atoms with Crippen LogP contribution in [-0.2, 0) is 12.8 Å². The van der Waals surface area contributed by atoms with Crippen molar-refractivity contribution in [1.82, 2.24) is 9.97 Å². The van der Waals surface area contributed by atoms with Crippen molar-refractivity contribution >= 4 is 6.29 Å². The fourth-order valence-corrected chi connectivity index (χ4v) is 2.72. The van der Waals surface area contributed by atoms with Crippen LogP contribution in [-0.4, -0.2) is 21.4 Å². The molecule has 0 saturated carbocycles. The molecule has 4 heteroatoms. The molecule has 0 fully saturated rings. The first-order valence-corrected chi connectivity index (χ1v) is 6.06. The summed E-state index contributed by atoms with van der Waals surface area (Å²) in [6.45, 7) is 0. The van der Waals surface area contributed by atoms with Crippen molar-refractivity contribution in [3.8, 4) is 5.75 Å². The van der Waals surface area contributed by atoms with Crippen LogP contribution in [0, 0.1) is 0 Å². The van der Waals surface area contributed by atoms with Crippen molar-refractivity contribution < 1.29 is 9.90 Å². The lowest BCUT2D eigenvalue weighted by atomic mass is 9.95. The molecule has 0 bridgehead atoms. The third-order valence-electron chi connectivity index (χ3n) is 3.64. The molecule has 18 heavy (non-hydrogen) atoms. The summed E-state index contributed by atoms with van der Waals surface area (Å²) >= 11 is 0. The van der Waals surface area contributed by atoms with Gasteiger partial charge in [0.05, 0.1) is 11.9 Å². The first-order chi connectivity index (χ1) is 8.78. The molecule has 0 spiro atoms. The summed E-state index contributed by atoms with van der Waals surface area (Å²) < 4.78 is 0. The Morgan fingerprint density at radius 1 is 1.50 bits per heavy atom. The summed E-state index contributed by atoms with van der Waals surface area (Å²) in [5.41, 5.74) is 3.83. The lowest BCUT2D eigenvalue weighted by Crippen LogP contribution is -1.99. The summed E-state index contributed by atoms with van der Waals surface area (Å²) in [5, 5.41) is 9.77. The van der Waals surface area contributed by atoms with Crippen LogP contribution in [0.25, 0.3) is 0 Å². The smallest absolute Gasteiger partial charge is 0.153 e. The molecule has 0 amide bonds. The van der Waals surface area contributed by atoms with Gasteiger partial charge in [-0.05, 0) is 48.4 Å². The monoisotopic (exact) mass is 242 g/mol. The third-order valence-corrected chi connectivity index (χ3v) is 3.64. The fraction of sp³-hybridized carbons (Fsp3) is 0.286. The zero-order valence-corrected chi connectivity index (χ0v) is 9.89. The lowest BCUT2D eigenvalue weighted by Gasteiger charge is -2.11. The first kappa shape index (κ1) is 11.0. The van der Waals surface area contributed by atoms with Crippen molar-refractivity contribution in [1.29, 1.82) is 0 Å². The van der Waals surface area contributed by atoms with E-state index in [0.29, 0.717) is 17.8 Å². The number of fused-ring (bicyclic) bond motifs is 1. The van der Waals surface area contributed by atoms with Gasteiger partial charge in [0.1, 0.15) is 5.75 Å². The fourth-order valence-electron chi connectivity index (χ4n) is 2.72.